The number of rotatable bonds is 4. The molecule has 1 saturated heterocycles. The smallest absolute Gasteiger partial charge is 0.247 e. The third-order valence-electron chi connectivity index (χ3n) is 4.55. The molecule has 1 heterocycles. The zero-order valence-electron chi connectivity index (χ0n) is 14.5. The van der Waals surface area contributed by atoms with Crippen molar-refractivity contribution >= 4 is 17.5 Å². The molecule has 0 spiro atoms. The molecule has 0 aliphatic carbocycles. The first kappa shape index (κ1) is 17.0. The van der Waals surface area contributed by atoms with Gasteiger partial charge in [0, 0.05) is 24.7 Å². The van der Waals surface area contributed by atoms with Crippen molar-refractivity contribution in [2.24, 2.45) is 0 Å². The van der Waals surface area contributed by atoms with E-state index in [0.29, 0.717) is 13.0 Å². The lowest BCUT2D eigenvalue weighted by Gasteiger charge is -2.23. The Morgan fingerprint density at radius 3 is 2.52 bits per heavy atom. The number of carbonyl (C=O) groups excluding carboxylic acids is 2. The van der Waals surface area contributed by atoms with Gasteiger partial charge in [-0.25, -0.2) is 0 Å². The fourth-order valence-electron chi connectivity index (χ4n) is 3.25. The Hall–Kier alpha value is -2.82. The van der Waals surface area contributed by atoms with E-state index in [4.69, 9.17) is 4.74 Å². The van der Waals surface area contributed by atoms with Gasteiger partial charge in [0.05, 0.1) is 7.11 Å². The van der Waals surface area contributed by atoms with Crippen molar-refractivity contribution in [2.75, 3.05) is 19.0 Å². The molecule has 25 heavy (non-hydrogen) atoms. The van der Waals surface area contributed by atoms with Gasteiger partial charge in [-0.2, -0.15) is 0 Å². The van der Waals surface area contributed by atoms with Crippen LogP contribution in [0.5, 0.6) is 5.75 Å². The van der Waals surface area contributed by atoms with Gasteiger partial charge in [-0.3, -0.25) is 9.59 Å². The molecule has 5 nitrogen and oxygen atoms in total. The molecule has 1 aliphatic heterocycles. The lowest BCUT2D eigenvalue weighted by Crippen LogP contribution is -2.42. The summed E-state index contributed by atoms with van der Waals surface area (Å²) in [6.07, 6.45) is 1.56. The minimum atomic E-state index is -0.388. The summed E-state index contributed by atoms with van der Waals surface area (Å²) < 4.78 is 5.19. The van der Waals surface area contributed by atoms with Gasteiger partial charge in [-0.15, -0.1) is 0 Å². The number of carbonyl (C=O) groups is 2. The molecule has 0 radical (unpaired) electrons. The molecule has 1 unspecified atom stereocenters. The number of methoxy groups -OCH3 is 1. The van der Waals surface area contributed by atoms with Crippen molar-refractivity contribution in [3.8, 4) is 16.9 Å². The molecular weight excluding hydrogens is 316 g/mol. The van der Waals surface area contributed by atoms with E-state index >= 15 is 0 Å². The Morgan fingerprint density at radius 2 is 1.84 bits per heavy atom. The van der Waals surface area contributed by atoms with Crippen LogP contribution in [0.15, 0.2) is 48.5 Å². The fourth-order valence-corrected chi connectivity index (χ4v) is 3.25. The molecule has 3 rings (SSSR count). The number of ether oxygens (including phenoxy) is 1. The van der Waals surface area contributed by atoms with E-state index in [1.54, 1.807) is 12.0 Å². The third-order valence-corrected chi connectivity index (χ3v) is 4.55. The number of benzene rings is 2. The van der Waals surface area contributed by atoms with Crippen LogP contribution in [0.2, 0.25) is 0 Å². The Labute approximate surface area is 147 Å². The first-order valence-electron chi connectivity index (χ1n) is 8.41. The van der Waals surface area contributed by atoms with Crippen LogP contribution in [0.1, 0.15) is 19.8 Å². The highest BCUT2D eigenvalue weighted by atomic mass is 16.5. The van der Waals surface area contributed by atoms with Gasteiger partial charge >= 0.3 is 0 Å². The average Bonchev–Trinajstić information content (AvgIpc) is 3.12. The monoisotopic (exact) mass is 338 g/mol. The highest BCUT2D eigenvalue weighted by Gasteiger charge is 2.32. The largest absolute Gasteiger partial charge is 0.497 e. The van der Waals surface area contributed by atoms with Crippen LogP contribution in [0.3, 0.4) is 0 Å². The molecule has 1 fully saturated rings. The summed E-state index contributed by atoms with van der Waals surface area (Å²) in [5, 5.41) is 3.00. The van der Waals surface area contributed by atoms with Crippen molar-refractivity contribution in [1.29, 1.82) is 0 Å². The lowest BCUT2D eigenvalue weighted by atomic mass is 10.0. The van der Waals surface area contributed by atoms with E-state index in [1.165, 1.54) is 6.92 Å². The van der Waals surface area contributed by atoms with Crippen LogP contribution < -0.4 is 10.1 Å². The number of likely N-dealkylation sites (tertiary alicyclic amines) is 1. The summed E-state index contributed by atoms with van der Waals surface area (Å²) >= 11 is 0. The number of para-hydroxylation sites is 1. The first-order valence-corrected chi connectivity index (χ1v) is 8.41. The second kappa shape index (κ2) is 7.38. The van der Waals surface area contributed by atoms with Gasteiger partial charge in [-0.1, -0.05) is 30.3 Å². The summed E-state index contributed by atoms with van der Waals surface area (Å²) in [6, 6.07) is 15.0. The average molecular weight is 338 g/mol. The van der Waals surface area contributed by atoms with Crippen molar-refractivity contribution in [1.82, 2.24) is 4.90 Å². The Bertz CT molecular complexity index is 771. The summed E-state index contributed by atoms with van der Waals surface area (Å²) in [7, 11) is 1.63. The van der Waals surface area contributed by atoms with Crippen LogP contribution in [0.25, 0.3) is 11.1 Å². The van der Waals surface area contributed by atoms with Gasteiger partial charge < -0.3 is 15.0 Å². The van der Waals surface area contributed by atoms with Crippen molar-refractivity contribution in [3.63, 3.8) is 0 Å². The Morgan fingerprint density at radius 1 is 1.12 bits per heavy atom. The summed E-state index contributed by atoms with van der Waals surface area (Å²) in [6.45, 7) is 2.16. The lowest BCUT2D eigenvalue weighted by molar-refractivity contribution is -0.134. The highest BCUT2D eigenvalue weighted by Crippen LogP contribution is 2.30. The zero-order valence-corrected chi connectivity index (χ0v) is 14.5. The summed E-state index contributed by atoms with van der Waals surface area (Å²) in [5.41, 5.74) is 2.67. The quantitative estimate of drug-likeness (QED) is 0.930. The number of nitrogens with zero attached hydrogens (tertiary/aromatic N) is 1. The SMILES string of the molecule is COc1ccc(-c2ccccc2NC(=O)C2CCCN2C(C)=O)cc1. The topological polar surface area (TPSA) is 58.6 Å². The molecule has 0 bridgehead atoms. The second-order valence-corrected chi connectivity index (χ2v) is 6.13. The highest BCUT2D eigenvalue weighted by molar-refractivity contribution is 6.00. The maximum absolute atomic E-state index is 12.7. The van der Waals surface area contributed by atoms with E-state index in [9.17, 15) is 9.59 Å². The molecule has 0 saturated carbocycles. The predicted octanol–water partition coefficient (Wildman–Crippen LogP) is 3.31. The van der Waals surface area contributed by atoms with Gasteiger partial charge in [0.2, 0.25) is 11.8 Å². The van der Waals surface area contributed by atoms with Crippen LogP contribution in [0.4, 0.5) is 5.69 Å². The normalized spacial score (nSPS) is 16.6. The maximum atomic E-state index is 12.7. The van der Waals surface area contributed by atoms with Crippen LogP contribution in [0, 0.1) is 0 Å². The van der Waals surface area contributed by atoms with Crippen molar-refractivity contribution in [3.05, 3.63) is 48.5 Å². The minimum absolute atomic E-state index is 0.0545. The minimum Gasteiger partial charge on any atom is -0.497 e. The van der Waals surface area contributed by atoms with Crippen molar-refractivity contribution < 1.29 is 14.3 Å². The van der Waals surface area contributed by atoms with Gasteiger partial charge in [0.15, 0.2) is 0 Å². The Kier molecular flexibility index (Phi) is 5.03. The zero-order chi connectivity index (χ0) is 17.8. The molecule has 1 aliphatic rings. The molecule has 1 N–H and O–H groups in total. The van der Waals surface area contributed by atoms with E-state index in [-0.39, 0.29) is 17.9 Å². The molecule has 2 aromatic carbocycles. The molecule has 1 atom stereocenters. The van der Waals surface area contributed by atoms with Crippen LogP contribution in [-0.4, -0.2) is 36.4 Å². The second-order valence-electron chi connectivity index (χ2n) is 6.13. The number of amides is 2. The van der Waals surface area contributed by atoms with Crippen molar-refractivity contribution in [2.45, 2.75) is 25.8 Å². The molecule has 5 heteroatoms. The van der Waals surface area contributed by atoms with Gasteiger partial charge in [0.25, 0.3) is 0 Å². The fraction of sp³-hybridized carbons (Fsp3) is 0.300. The van der Waals surface area contributed by atoms with Crippen LogP contribution in [-0.2, 0) is 9.59 Å². The Balaban J connectivity index is 1.83. The number of anilines is 1. The molecular formula is C20H22N2O3. The third kappa shape index (κ3) is 3.65. The first-order chi connectivity index (χ1) is 12.1. The number of nitrogens with one attached hydrogen (secondary N) is 1. The summed E-state index contributed by atoms with van der Waals surface area (Å²) in [4.78, 5) is 26.0. The molecule has 2 aromatic rings. The predicted molar refractivity (Wildman–Crippen MR) is 97.5 cm³/mol. The molecule has 0 aromatic heterocycles. The maximum Gasteiger partial charge on any atom is 0.247 e. The van der Waals surface area contributed by atoms with E-state index in [0.717, 1.165) is 29.0 Å². The molecule has 2 amide bonds. The van der Waals surface area contributed by atoms with Gasteiger partial charge in [-0.05, 0) is 36.6 Å². The number of hydrogen-bond acceptors (Lipinski definition) is 3. The van der Waals surface area contributed by atoms with Gasteiger partial charge in [0.1, 0.15) is 11.8 Å². The number of hydrogen-bond donors (Lipinski definition) is 1. The molecule has 130 valence electrons. The standard InChI is InChI=1S/C20H22N2O3/c1-14(23)22-13-5-8-19(22)20(24)21-18-7-4-3-6-17(18)15-9-11-16(25-2)12-10-15/h3-4,6-7,9-12,19H,5,8,13H2,1-2H3,(H,21,24). The van der Waals surface area contributed by atoms with E-state index < -0.39 is 0 Å². The van der Waals surface area contributed by atoms with E-state index in [2.05, 4.69) is 5.32 Å². The van der Waals surface area contributed by atoms with E-state index in [1.807, 2.05) is 48.5 Å². The summed E-state index contributed by atoms with van der Waals surface area (Å²) in [5.74, 6) is 0.600. The van der Waals surface area contributed by atoms with Crippen LogP contribution >= 0.6 is 0 Å².